The summed E-state index contributed by atoms with van der Waals surface area (Å²) in [5.74, 6) is 1.20. The Kier molecular flexibility index (Phi) is 5.52. The summed E-state index contributed by atoms with van der Waals surface area (Å²) in [4.78, 5) is 37.4. The van der Waals surface area contributed by atoms with Crippen LogP contribution in [0.25, 0.3) is 11.0 Å². The SMILES string of the molecule is CC(NC(=O)[C@H]1C[C@@H]1c1nc2ccccc2[nH]1)c1ccc(C(=O)N2CCCCCC2)s1. The van der Waals surface area contributed by atoms with Crippen LogP contribution in [0.5, 0.6) is 0 Å². The molecular formula is C24H28N4O2S. The molecule has 6 nitrogen and oxygen atoms in total. The number of aromatic nitrogens is 2. The van der Waals surface area contributed by atoms with Gasteiger partial charge in [0.2, 0.25) is 5.91 Å². The minimum absolute atomic E-state index is 0.0406. The number of H-pyrrole nitrogens is 1. The molecule has 162 valence electrons. The lowest BCUT2D eigenvalue weighted by Gasteiger charge is -2.19. The van der Waals surface area contributed by atoms with E-state index in [2.05, 4.69) is 15.3 Å². The molecule has 1 saturated heterocycles. The van der Waals surface area contributed by atoms with Gasteiger partial charge in [-0.15, -0.1) is 11.3 Å². The summed E-state index contributed by atoms with van der Waals surface area (Å²) in [7, 11) is 0. The van der Waals surface area contributed by atoms with Gasteiger partial charge in [0.05, 0.1) is 22.0 Å². The van der Waals surface area contributed by atoms with Crippen LogP contribution in [-0.2, 0) is 4.79 Å². The molecule has 3 heterocycles. The highest BCUT2D eigenvalue weighted by Crippen LogP contribution is 2.47. The predicted molar refractivity (Wildman–Crippen MR) is 122 cm³/mol. The van der Waals surface area contributed by atoms with Crippen LogP contribution in [0.4, 0.5) is 0 Å². The zero-order valence-corrected chi connectivity index (χ0v) is 18.6. The van der Waals surface area contributed by atoms with E-state index in [0.717, 1.165) is 59.0 Å². The van der Waals surface area contributed by atoms with Crippen molar-refractivity contribution in [1.82, 2.24) is 20.2 Å². The zero-order chi connectivity index (χ0) is 21.4. The number of hydrogen-bond acceptors (Lipinski definition) is 4. The summed E-state index contributed by atoms with van der Waals surface area (Å²) in [5.41, 5.74) is 1.95. The fraction of sp³-hybridized carbons (Fsp3) is 0.458. The third-order valence-corrected chi connectivity index (χ3v) is 7.66. The summed E-state index contributed by atoms with van der Waals surface area (Å²) in [6.45, 7) is 3.69. The van der Waals surface area contributed by atoms with Crippen molar-refractivity contribution in [2.45, 2.75) is 51.0 Å². The first-order valence-corrected chi connectivity index (χ1v) is 12.1. The molecule has 1 saturated carbocycles. The fourth-order valence-corrected chi connectivity index (χ4v) is 5.43. The molecule has 1 unspecified atom stereocenters. The molecule has 0 bridgehead atoms. The van der Waals surface area contributed by atoms with Gasteiger partial charge in [0.1, 0.15) is 5.82 Å². The lowest BCUT2D eigenvalue weighted by atomic mass is 10.2. The van der Waals surface area contributed by atoms with Crippen molar-refractivity contribution in [1.29, 1.82) is 0 Å². The summed E-state index contributed by atoms with van der Waals surface area (Å²) in [6.07, 6.45) is 5.41. The Balaban J connectivity index is 1.19. The Morgan fingerprint density at radius 1 is 1.13 bits per heavy atom. The number of para-hydroxylation sites is 2. The summed E-state index contributed by atoms with van der Waals surface area (Å²) < 4.78 is 0. The Bertz CT molecular complexity index is 1060. The van der Waals surface area contributed by atoms with E-state index in [-0.39, 0.29) is 29.7 Å². The van der Waals surface area contributed by atoms with Crippen molar-refractivity contribution < 1.29 is 9.59 Å². The lowest BCUT2D eigenvalue weighted by molar-refractivity contribution is -0.123. The average molecular weight is 437 g/mol. The molecular weight excluding hydrogens is 408 g/mol. The van der Waals surface area contributed by atoms with E-state index >= 15 is 0 Å². The van der Waals surface area contributed by atoms with Gasteiger partial charge in [-0.05, 0) is 50.5 Å². The summed E-state index contributed by atoms with van der Waals surface area (Å²) in [5, 5.41) is 3.14. The maximum Gasteiger partial charge on any atom is 0.263 e. The van der Waals surface area contributed by atoms with Crippen molar-refractivity contribution in [3.63, 3.8) is 0 Å². The van der Waals surface area contributed by atoms with Crippen LogP contribution in [0.1, 0.15) is 71.4 Å². The van der Waals surface area contributed by atoms with E-state index < -0.39 is 0 Å². The molecule has 2 N–H and O–H groups in total. The number of thiophene rings is 1. The largest absolute Gasteiger partial charge is 0.349 e. The highest BCUT2D eigenvalue weighted by molar-refractivity contribution is 7.14. The number of aromatic amines is 1. The van der Waals surface area contributed by atoms with E-state index in [1.165, 1.54) is 24.2 Å². The third kappa shape index (κ3) is 4.24. The number of hydrogen-bond donors (Lipinski definition) is 2. The monoisotopic (exact) mass is 436 g/mol. The Labute approximate surface area is 186 Å². The van der Waals surface area contributed by atoms with Gasteiger partial charge in [-0.2, -0.15) is 0 Å². The molecule has 2 aromatic heterocycles. The predicted octanol–water partition coefficient (Wildman–Crippen LogP) is 4.62. The molecule has 1 aliphatic carbocycles. The van der Waals surface area contributed by atoms with Crippen LogP contribution in [0, 0.1) is 5.92 Å². The molecule has 0 spiro atoms. The standard InChI is InChI=1S/C24H28N4O2S/c1-15(20-10-11-21(31-20)24(30)28-12-6-2-3-7-13-28)25-23(29)17-14-16(17)22-26-18-8-4-5-9-19(18)27-22/h4-5,8-11,15-17H,2-3,6-7,12-14H2,1H3,(H,25,29)(H,26,27)/t15?,16-,17-/m0/s1. The van der Waals surface area contributed by atoms with Gasteiger partial charge in [-0.25, -0.2) is 4.98 Å². The average Bonchev–Trinajstić information content (AvgIpc) is 3.34. The lowest BCUT2D eigenvalue weighted by Crippen LogP contribution is -2.31. The molecule has 7 heteroatoms. The number of benzene rings is 1. The van der Waals surface area contributed by atoms with Crippen LogP contribution in [-0.4, -0.2) is 39.8 Å². The van der Waals surface area contributed by atoms with Crippen LogP contribution >= 0.6 is 11.3 Å². The van der Waals surface area contributed by atoms with Gasteiger partial charge < -0.3 is 15.2 Å². The Hall–Kier alpha value is -2.67. The van der Waals surface area contributed by atoms with Crippen molar-refractivity contribution in [3.8, 4) is 0 Å². The second-order valence-electron chi connectivity index (χ2n) is 8.73. The zero-order valence-electron chi connectivity index (χ0n) is 17.8. The maximum atomic E-state index is 12.8. The number of nitrogens with one attached hydrogen (secondary N) is 2. The molecule has 2 fully saturated rings. The second-order valence-corrected chi connectivity index (χ2v) is 9.84. The number of carbonyl (C=O) groups excluding carboxylic acids is 2. The molecule has 0 radical (unpaired) electrons. The number of imidazole rings is 1. The van der Waals surface area contributed by atoms with Crippen molar-refractivity contribution in [2.75, 3.05) is 13.1 Å². The molecule has 1 aromatic carbocycles. The van der Waals surface area contributed by atoms with E-state index in [0.29, 0.717) is 0 Å². The minimum atomic E-state index is -0.111. The highest BCUT2D eigenvalue weighted by Gasteiger charge is 2.46. The van der Waals surface area contributed by atoms with Crippen LogP contribution in [0.2, 0.25) is 0 Å². The molecule has 2 amide bonds. The smallest absolute Gasteiger partial charge is 0.263 e. The first-order chi connectivity index (χ1) is 15.1. The molecule has 3 atom stereocenters. The van der Waals surface area contributed by atoms with Gasteiger partial charge in [0.25, 0.3) is 5.91 Å². The number of likely N-dealkylation sites (tertiary alicyclic amines) is 1. The van der Waals surface area contributed by atoms with Gasteiger partial charge in [0.15, 0.2) is 0 Å². The number of carbonyl (C=O) groups is 2. The van der Waals surface area contributed by atoms with Crippen LogP contribution in [0.3, 0.4) is 0 Å². The molecule has 2 aliphatic rings. The molecule has 3 aromatic rings. The number of rotatable bonds is 5. The fourth-order valence-electron chi connectivity index (χ4n) is 4.46. The molecule has 31 heavy (non-hydrogen) atoms. The number of nitrogens with zero attached hydrogens (tertiary/aromatic N) is 2. The summed E-state index contributed by atoms with van der Waals surface area (Å²) in [6, 6.07) is 11.7. The summed E-state index contributed by atoms with van der Waals surface area (Å²) >= 11 is 1.50. The van der Waals surface area contributed by atoms with Crippen LogP contribution < -0.4 is 5.32 Å². The van der Waals surface area contributed by atoms with E-state index in [1.54, 1.807) is 0 Å². The maximum absolute atomic E-state index is 12.8. The van der Waals surface area contributed by atoms with Crippen molar-refractivity contribution in [3.05, 3.63) is 52.0 Å². The Morgan fingerprint density at radius 3 is 2.68 bits per heavy atom. The van der Waals surface area contributed by atoms with Crippen molar-refractivity contribution >= 4 is 34.2 Å². The normalized spacial score (nSPS) is 22.2. The van der Waals surface area contributed by atoms with E-state index in [4.69, 9.17) is 0 Å². The van der Waals surface area contributed by atoms with E-state index in [1.807, 2.05) is 48.2 Å². The Morgan fingerprint density at radius 2 is 1.90 bits per heavy atom. The van der Waals surface area contributed by atoms with Gasteiger partial charge >= 0.3 is 0 Å². The second kappa shape index (κ2) is 8.46. The van der Waals surface area contributed by atoms with Gasteiger partial charge in [-0.1, -0.05) is 25.0 Å². The molecule has 5 rings (SSSR count). The minimum Gasteiger partial charge on any atom is -0.349 e. The van der Waals surface area contributed by atoms with Crippen LogP contribution in [0.15, 0.2) is 36.4 Å². The first kappa shape index (κ1) is 20.2. The third-order valence-electron chi connectivity index (χ3n) is 6.40. The highest BCUT2D eigenvalue weighted by atomic mass is 32.1. The molecule has 1 aliphatic heterocycles. The quantitative estimate of drug-likeness (QED) is 0.612. The number of amides is 2. The first-order valence-electron chi connectivity index (χ1n) is 11.2. The van der Waals surface area contributed by atoms with Gasteiger partial charge in [0, 0.05) is 29.8 Å². The van der Waals surface area contributed by atoms with Crippen molar-refractivity contribution in [2.24, 2.45) is 5.92 Å². The van der Waals surface area contributed by atoms with E-state index in [9.17, 15) is 9.59 Å². The topological polar surface area (TPSA) is 78.1 Å². The number of fused-ring (bicyclic) bond motifs is 1. The van der Waals surface area contributed by atoms with Gasteiger partial charge in [-0.3, -0.25) is 9.59 Å².